The summed E-state index contributed by atoms with van der Waals surface area (Å²) in [7, 11) is -3.81. The number of carbonyl (C=O) groups is 1. The van der Waals surface area contributed by atoms with E-state index in [-0.39, 0.29) is 15.9 Å². The Bertz CT molecular complexity index is 1710. The molecule has 0 atom stereocenters. The van der Waals surface area contributed by atoms with Gasteiger partial charge in [-0.25, -0.2) is 13.4 Å². The zero-order chi connectivity index (χ0) is 25.4. The molecule has 1 aliphatic rings. The molecule has 6 rings (SSSR count). The Balaban J connectivity index is 1.17. The number of nitrogens with one attached hydrogen (secondary N) is 1. The van der Waals surface area contributed by atoms with Crippen molar-refractivity contribution in [3.63, 3.8) is 0 Å². The minimum atomic E-state index is -3.81. The number of anilines is 2. The Hall–Kier alpha value is -3.95. The van der Waals surface area contributed by atoms with Gasteiger partial charge in [-0.05, 0) is 53.2 Å². The van der Waals surface area contributed by atoms with Crippen molar-refractivity contribution < 1.29 is 13.2 Å². The van der Waals surface area contributed by atoms with Crippen LogP contribution in [0.25, 0.3) is 21.0 Å². The summed E-state index contributed by atoms with van der Waals surface area (Å²) in [6.07, 6.45) is 0. The smallest absolute Gasteiger partial charge is 0.263 e. The highest BCUT2D eigenvalue weighted by Gasteiger charge is 2.23. The Morgan fingerprint density at radius 3 is 2.32 bits per heavy atom. The van der Waals surface area contributed by atoms with Gasteiger partial charge >= 0.3 is 0 Å². The second-order valence-corrected chi connectivity index (χ2v) is 11.6. The van der Waals surface area contributed by atoms with Gasteiger partial charge in [0.15, 0.2) is 5.13 Å². The standard InChI is InChI=1S/C28H24N4O3S2/c33-27(32-16-14-31(15-17-32)23-8-2-1-3-9-23)22-11-13-25-26(19-22)36-28(29-25)30-37(34,35)24-12-10-20-6-4-5-7-21(20)18-24/h1-13,18-19H,14-17H2,(H,29,30). The number of aromatic nitrogens is 1. The fraction of sp³-hybridized carbons (Fsp3) is 0.143. The largest absolute Gasteiger partial charge is 0.368 e. The molecule has 1 aromatic heterocycles. The van der Waals surface area contributed by atoms with E-state index in [0.717, 1.165) is 28.6 Å². The predicted molar refractivity (Wildman–Crippen MR) is 149 cm³/mol. The van der Waals surface area contributed by atoms with E-state index in [1.807, 2.05) is 47.4 Å². The molecule has 0 aliphatic carbocycles. The van der Waals surface area contributed by atoms with Crippen LogP contribution in [0.1, 0.15) is 10.4 Å². The molecular weight excluding hydrogens is 504 g/mol. The predicted octanol–water partition coefficient (Wildman–Crippen LogP) is 5.21. The first-order valence-corrected chi connectivity index (χ1v) is 14.3. The van der Waals surface area contributed by atoms with Gasteiger partial charge in [0.2, 0.25) is 0 Å². The molecule has 0 unspecified atom stereocenters. The maximum Gasteiger partial charge on any atom is 0.263 e. The van der Waals surface area contributed by atoms with Gasteiger partial charge in [-0.3, -0.25) is 9.52 Å². The SMILES string of the molecule is O=C(c1ccc2nc(NS(=O)(=O)c3ccc4ccccc4c3)sc2c1)N1CCN(c2ccccc2)CC1. The molecule has 0 spiro atoms. The topological polar surface area (TPSA) is 82.6 Å². The van der Waals surface area contributed by atoms with Gasteiger partial charge < -0.3 is 9.80 Å². The fourth-order valence-corrected chi connectivity index (χ4v) is 6.77. The summed E-state index contributed by atoms with van der Waals surface area (Å²) in [4.78, 5) is 22.0. The number of hydrogen-bond acceptors (Lipinski definition) is 6. The number of nitrogens with zero attached hydrogens (tertiary/aromatic N) is 3. The number of hydrogen-bond donors (Lipinski definition) is 1. The monoisotopic (exact) mass is 528 g/mol. The van der Waals surface area contributed by atoms with E-state index >= 15 is 0 Å². The highest BCUT2D eigenvalue weighted by molar-refractivity contribution is 7.93. The summed E-state index contributed by atoms with van der Waals surface area (Å²) in [5.74, 6) is -0.0266. The molecule has 9 heteroatoms. The Kier molecular flexibility index (Phi) is 6.02. The Morgan fingerprint density at radius 1 is 0.811 bits per heavy atom. The van der Waals surface area contributed by atoms with Crippen LogP contribution in [-0.2, 0) is 10.0 Å². The first-order chi connectivity index (χ1) is 18.0. The van der Waals surface area contributed by atoms with Crippen LogP contribution < -0.4 is 9.62 Å². The second-order valence-electron chi connectivity index (χ2n) is 8.93. The van der Waals surface area contributed by atoms with Gasteiger partial charge in [0, 0.05) is 37.4 Å². The van der Waals surface area contributed by atoms with E-state index in [9.17, 15) is 13.2 Å². The van der Waals surface area contributed by atoms with Crippen molar-refractivity contribution in [1.82, 2.24) is 9.88 Å². The second kappa shape index (κ2) is 9.49. The molecule has 37 heavy (non-hydrogen) atoms. The number of benzene rings is 4. The van der Waals surface area contributed by atoms with Crippen molar-refractivity contribution in [3.05, 3.63) is 96.6 Å². The van der Waals surface area contributed by atoms with Crippen molar-refractivity contribution in [2.75, 3.05) is 35.8 Å². The van der Waals surface area contributed by atoms with Gasteiger partial charge in [-0.1, -0.05) is 59.9 Å². The normalized spacial score (nSPS) is 14.3. The number of carbonyl (C=O) groups excluding carboxylic acids is 1. The van der Waals surface area contributed by atoms with Gasteiger partial charge in [-0.15, -0.1) is 0 Å². The molecule has 1 amide bonds. The third kappa shape index (κ3) is 4.75. The molecule has 7 nitrogen and oxygen atoms in total. The Labute approximate surface area is 219 Å². The summed E-state index contributed by atoms with van der Waals surface area (Å²) >= 11 is 1.22. The zero-order valence-electron chi connectivity index (χ0n) is 19.9. The first kappa shape index (κ1) is 23.4. The summed E-state index contributed by atoms with van der Waals surface area (Å²) in [6.45, 7) is 2.84. The van der Waals surface area contributed by atoms with Crippen LogP contribution in [0.15, 0.2) is 95.9 Å². The molecular formula is C28H24N4O3S2. The van der Waals surface area contributed by atoms with Crippen molar-refractivity contribution in [3.8, 4) is 0 Å². The van der Waals surface area contributed by atoms with Gasteiger partial charge in [-0.2, -0.15) is 0 Å². The van der Waals surface area contributed by atoms with E-state index in [1.54, 1.807) is 36.4 Å². The molecule has 1 fully saturated rings. The number of fused-ring (bicyclic) bond motifs is 2. The number of sulfonamides is 1. The molecule has 4 aromatic carbocycles. The summed E-state index contributed by atoms with van der Waals surface area (Å²) in [6, 6.07) is 28.2. The van der Waals surface area contributed by atoms with E-state index in [2.05, 4.69) is 26.7 Å². The lowest BCUT2D eigenvalue weighted by atomic mass is 10.1. The van der Waals surface area contributed by atoms with Crippen LogP contribution in [0.3, 0.4) is 0 Å². The third-order valence-corrected chi connectivity index (χ3v) is 8.98. The number of piperazine rings is 1. The fourth-order valence-electron chi connectivity index (χ4n) is 4.60. The van der Waals surface area contributed by atoms with Crippen LogP contribution in [0.4, 0.5) is 10.8 Å². The molecule has 1 saturated heterocycles. The van der Waals surface area contributed by atoms with Crippen molar-refractivity contribution in [2.24, 2.45) is 0 Å². The van der Waals surface area contributed by atoms with Crippen LogP contribution in [0.2, 0.25) is 0 Å². The van der Waals surface area contributed by atoms with Gasteiger partial charge in [0.25, 0.3) is 15.9 Å². The molecule has 1 N–H and O–H groups in total. The van der Waals surface area contributed by atoms with E-state index < -0.39 is 10.0 Å². The van der Waals surface area contributed by atoms with Crippen LogP contribution in [0, 0.1) is 0 Å². The minimum absolute atomic E-state index is 0.0266. The average molecular weight is 529 g/mol. The summed E-state index contributed by atoms with van der Waals surface area (Å²) in [5, 5.41) is 2.09. The van der Waals surface area contributed by atoms with Crippen LogP contribution in [-0.4, -0.2) is 50.4 Å². The lowest BCUT2D eigenvalue weighted by Crippen LogP contribution is -2.48. The number of thiazole rings is 1. The van der Waals surface area contributed by atoms with Crippen LogP contribution >= 0.6 is 11.3 Å². The molecule has 0 radical (unpaired) electrons. The molecule has 5 aromatic rings. The lowest BCUT2D eigenvalue weighted by molar-refractivity contribution is 0.0747. The lowest BCUT2D eigenvalue weighted by Gasteiger charge is -2.36. The highest BCUT2D eigenvalue weighted by Crippen LogP contribution is 2.30. The van der Waals surface area contributed by atoms with Crippen LogP contribution in [0.5, 0.6) is 0 Å². The number of rotatable bonds is 5. The molecule has 0 saturated carbocycles. The molecule has 2 heterocycles. The highest BCUT2D eigenvalue weighted by atomic mass is 32.2. The Morgan fingerprint density at radius 2 is 1.54 bits per heavy atom. The van der Waals surface area contributed by atoms with E-state index in [1.165, 1.54) is 17.0 Å². The van der Waals surface area contributed by atoms with E-state index in [0.29, 0.717) is 24.2 Å². The molecule has 186 valence electrons. The van der Waals surface area contributed by atoms with Crippen molar-refractivity contribution in [1.29, 1.82) is 0 Å². The van der Waals surface area contributed by atoms with E-state index in [4.69, 9.17) is 0 Å². The number of amides is 1. The molecule has 1 aliphatic heterocycles. The molecule has 0 bridgehead atoms. The summed E-state index contributed by atoms with van der Waals surface area (Å²) in [5.41, 5.74) is 2.39. The van der Waals surface area contributed by atoms with Crippen molar-refractivity contribution in [2.45, 2.75) is 4.90 Å². The number of para-hydroxylation sites is 1. The maximum atomic E-state index is 13.2. The first-order valence-electron chi connectivity index (χ1n) is 12.0. The van der Waals surface area contributed by atoms with Gasteiger partial charge in [0.05, 0.1) is 15.1 Å². The summed E-state index contributed by atoms with van der Waals surface area (Å²) < 4.78 is 29.4. The minimum Gasteiger partial charge on any atom is -0.368 e. The maximum absolute atomic E-state index is 13.2. The average Bonchev–Trinajstić information content (AvgIpc) is 3.33. The quantitative estimate of drug-likeness (QED) is 0.339. The third-order valence-electron chi connectivity index (χ3n) is 6.58. The van der Waals surface area contributed by atoms with Crippen molar-refractivity contribution >= 4 is 59.1 Å². The van der Waals surface area contributed by atoms with Gasteiger partial charge in [0.1, 0.15) is 0 Å². The zero-order valence-corrected chi connectivity index (χ0v) is 21.5.